The molecule has 0 fully saturated rings. The Kier molecular flexibility index (Phi) is 3.03. The van der Waals surface area contributed by atoms with Crippen molar-refractivity contribution in [3.05, 3.63) is 58.1 Å². The van der Waals surface area contributed by atoms with Gasteiger partial charge in [-0.15, -0.1) is 0 Å². The van der Waals surface area contributed by atoms with Crippen LogP contribution in [0.4, 0.5) is 11.4 Å². The van der Waals surface area contributed by atoms with E-state index in [-0.39, 0.29) is 11.9 Å². The monoisotopic (exact) mass is 316 g/mol. The lowest BCUT2D eigenvalue weighted by Crippen LogP contribution is -2.20. The number of aryl methyl sites for hydroxylation is 1. The van der Waals surface area contributed by atoms with Crippen molar-refractivity contribution >= 4 is 33.2 Å². The number of hydrogen-bond acceptors (Lipinski definition) is 2. The molecular formula is C15H13BrN2O. The zero-order valence-electron chi connectivity index (χ0n) is 10.4. The van der Waals surface area contributed by atoms with Crippen LogP contribution in [0.15, 0.2) is 46.9 Å². The number of benzene rings is 2. The molecule has 2 aromatic rings. The summed E-state index contributed by atoms with van der Waals surface area (Å²) in [6.07, 6.45) is 0. The minimum atomic E-state index is -0.329. The maximum absolute atomic E-state index is 12.0. The maximum atomic E-state index is 12.0. The summed E-state index contributed by atoms with van der Waals surface area (Å²) in [5.41, 5.74) is 3.95. The average Bonchev–Trinajstić information content (AvgIpc) is 2.71. The first-order valence-corrected chi connectivity index (χ1v) is 6.87. The van der Waals surface area contributed by atoms with Crippen LogP contribution in [0, 0.1) is 6.92 Å². The largest absolute Gasteiger partial charge is 0.370 e. The highest BCUT2D eigenvalue weighted by Crippen LogP contribution is 2.34. The molecule has 0 aliphatic carbocycles. The van der Waals surface area contributed by atoms with Gasteiger partial charge in [0.15, 0.2) is 0 Å². The summed E-state index contributed by atoms with van der Waals surface area (Å²) in [6, 6.07) is 13.4. The molecule has 2 aromatic carbocycles. The van der Waals surface area contributed by atoms with E-state index in [0.29, 0.717) is 0 Å². The molecule has 3 rings (SSSR count). The summed E-state index contributed by atoms with van der Waals surface area (Å²) in [5.74, 6) is -0.0134. The number of hydrogen-bond donors (Lipinski definition) is 2. The lowest BCUT2D eigenvalue weighted by molar-refractivity contribution is -0.116. The molecule has 1 unspecified atom stereocenters. The minimum Gasteiger partial charge on any atom is -0.370 e. The summed E-state index contributed by atoms with van der Waals surface area (Å²) in [5, 5.41) is 6.20. The van der Waals surface area contributed by atoms with Gasteiger partial charge in [0.2, 0.25) is 0 Å². The molecule has 1 heterocycles. The van der Waals surface area contributed by atoms with E-state index in [4.69, 9.17) is 0 Å². The Morgan fingerprint density at radius 2 is 2.00 bits per heavy atom. The highest BCUT2D eigenvalue weighted by molar-refractivity contribution is 9.10. The van der Waals surface area contributed by atoms with Crippen molar-refractivity contribution in [3.8, 4) is 0 Å². The van der Waals surface area contributed by atoms with Gasteiger partial charge in [-0.1, -0.05) is 40.2 Å². The second-order valence-electron chi connectivity index (χ2n) is 4.61. The third-order valence-corrected chi connectivity index (χ3v) is 3.78. The number of anilines is 2. The first-order valence-electron chi connectivity index (χ1n) is 6.07. The molecule has 1 aliphatic heterocycles. The van der Waals surface area contributed by atoms with Gasteiger partial charge in [-0.2, -0.15) is 0 Å². The number of carbonyl (C=O) groups is 1. The number of para-hydroxylation sites is 1. The highest BCUT2D eigenvalue weighted by atomic mass is 79.9. The second-order valence-corrected chi connectivity index (χ2v) is 5.53. The van der Waals surface area contributed by atoms with Crippen LogP contribution in [0.5, 0.6) is 0 Å². The second kappa shape index (κ2) is 4.70. The zero-order chi connectivity index (χ0) is 13.4. The van der Waals surface area contributed by atoms with Gasteiger partial charge in [0.05, 0.1) is 0 Å². The molecule has 3 nitrogen and oxygen atoms in total. The van der Waals surface area contributed by atoms with E-state index in [1.54, 1.807) is 0 Å². The Labute approximate surface area is 120 Å². The summed E-state index contributed by atoms with van der Waals surface area (Å²) < 4.78 is 0.993. The molecule has 1 aliphatic rings. The molecule has 0 radical (unpaired) electrons. The van der Waals surface area contributed by atoms with Gasteiger partial charge in [-0.25, -0.2) is 0 Å². The lowest BCUT2D eigenvalue weighted by Gasteiger charge is -2.15. The van der Waals surface area contributed by atoms with E-state index in [1.165, 1.54) is 0 Å². The van der Waals surface area contributed by atoms with Gasteiger partial charge < -0.3 is 10.6 Å². The molecule has 0 spiro atoms. The SMILES string of the molecule is Cc1ccc(Br)cc1NC1C(=O)Nc2ccccc21. The van der Waals surface area contributed by atoms with E-state index in [1.807, 2.05) is 49.4 Å². The predicted octanol–water partition coefficient (Wildman–Crippen LogP) is 3.86. The summed E-state index contributed by atoms with van der Waals surface area (Å²) in [4.78, 5) is 12.0. The van der Waals surface area contributed by atoms with Gasteiger partial charge in [0.25, 0.3) is 5.91 Å². The Bertz CT molecular complexity index is 654. The summed E-state index contributed by atoms with van der Waals surface area (Å²) >= 11 is 3.45. The molecule has 1 amide bonds. The van der Waals surface area contributed by atoms with Crippen LogP contribution >= 0.6 is 15.9 Å². The Morgan fingerprint density at radius 3 is 2.84 bits per heavy atom. The van der Waals surface area contributed by atoms with Crippen molar-refractivity contribution < 1.29 is 4.79 Å². The smallest absolute Gasteiger partial charge is 0.251 e. The first kappa shape index (κ1) is 12.2. The molecule has 19 heavy (non-hydrogen) atoms. The number of rotatable bonds is 2. The van der Waals surface area contributed by atoms with E-state index in [2.05, 4.69) is 26.6 Å². The predicted molar refractivity (Wildman–Crippen MR) is 80.3 cm³/mol. The van der Waals surface area contributed by atoms with Gasteiger partial charge >= 0.3 is 0 Å². The lowest BCUT2D eigenvalue weighted by atomic mass is 10.1. The fraction of sp³-hybridized carbons (Fsp3) is 0.133. The van der Waals surface area contributed by atoms with Gasteiger partial charge in [0, 0.05) is 21.4 Å². The third-order valence-electron chi connectivity index (χ3n) is 3.29. The average molecular weight is 317 g/mol. The molecule has 96 valence electrons. The van der Waals surface area contributed by atoms with Crippen molar-refractivity contribution in [1.82, 2.24) is 0 Å². The molecule has 4 heteroatoms. The fourth-order valence-corrected chi connectivity index (χ4v) is 2.62. The van der Waals surface area contributed by atoms with Crippen LogP contribution in [0.3, 0.4) is 0 Å². The topological polar surface area (TPSA) is 41.1 Å². The Balaban J connectivity index is 1.95. The zero-order valence-corrected chi connectivity index (χ0v) is 12.0. The van der Waals surface area contributed by atoms with Crippen LogP contribution in [0.25, 0.3) is 0 Å². The van der Waals surface area contributed by atoms with Gasteiger partial charge in [-0.3, -0.25) is 4.79 Å². The Hall–Kier alpha value is -1.81. The van der Waals surface area contributed by atoms with Crippen molar-refractivity contribution in [3.63, 3.8) is 0 Å². The number of nitrogens with one attached hydrogen (secondary N) is 2. The molecule has 0 bridgehead atoms. The van der Waals surface area contributed by atoms with E-state index in [0.717, 1.165) is 27.0 Å². The minimum absolute atomic E-state index is 0.0134. The summed E-state index contributed by atoms with van der Waals surface area (Å²) in [7, 11) is 0. The molecular weight excluding hydrogens is 304 g/mol. The van der Waals surface area contributed by atoms with Crippen LogP contribution in [-0.4, -0.2) is 5.91 Å². The molecule has 0 saturated heterocycles. The van der Waals surface area contributed by atoms with E-state index < -0.39 is 0 Å². The number of amides is 1. The number of halogens is 1. The van der Waals surface area contributed by atoms with Crippen LogP contribution in [0.2, 0.25) is 0 Å². The fourth-order valence-electron chi connectivity index (χ4n) is 2.26. The number of carbonyl (C=O) groups excluding carboxylic acids is 1. The highest BCUT2D eigenvalue weighted by Gasteiger charge is 2.30. The molecule has 0 saturated carbocycles. The van der Waals surface area contributed by atoms with Crippen LogP contribution < -0.4 is 10.6 Å². The van der Waals surface area contributed by atoms with Crippen LogP contribution in [0.1, 0.15) is 17.2 Å². The quantitative estimate of drug-likeness (QED) is 0.883. The van der Waals surface area contributed by atoms with Crippen molar-refractivity contribution in [2.24, 2.45) is 0 Å². The van der Waals surface area contributed by atoms with E-state index >= 15 is 0 Å². The normalized spacial score (nSPS) is 16.9. The standard InChI is InChI=1S/C15H13BrN2O/c1-9-6-7-10(16)8-13(9)17-14-11-4-2-3-5-12(11)18-15(14)19/h2-8,14,17H,1H3,(H,18,19). The third kappa shape index (κ3) is 2.24. The Morgan fingerprint density at radius 1 is 1.21 bits per heavy atom. The van der Waals surface area contributed by atoms with Crippen molar-refractivity contribution in [1.29, 1.82) is 0 Å². The van der Waals surface area contributed by atoms with Crippen molar-refractivity contribution in [2.75, 3.05) is 10.6 Å². The number of fused-ring (bicyclic) bond motifs is 1. The van der Waals surface area contributed by atoms with Crippen molar-refractivity contribution in [2.45, 2.75) is 13.0 Å². The maximum Gasteiger partial charge on any atom is 0.251 e. The van der Waals surface area contributed by atoms with Gasteiger partial charge in [-0.05, 0) is 30.7 Å². The van der Waals surface area contributed by atoms with Gasteiger partial charge in [0.1, 0.15) is 6.04 Å². The summed E-state index contributed by atoms with van der Waals surface area (Å²) in [6.45, 7) is 2.02. The van der Waals surface area contributed by atoms with Crippen LogP contribution in [-0.2, 0) is 4.79 Å². The molecule has 1 atom stereocenters. The van der Waals surface area contributed by atoms with E-state index in [9.17, 15) is 4.79 Å². The first-order chi connectivity index (χ1) is 9.15. The molecule has 2 N–H and O–H groups in total. The molecule has 0 aromatic heterocycles.